The predicted octanol–water partition coefficient (Wildman–Crippen LogP) is 2.57. The maximum absolute atomic E-state index is 5.84. The summed E-state index contributed by atoms with van der Waals surface area (Å²) in [5.74, 6) is 0.708. The Kier molecular flexibility index (Phi) is 3.08. The second-order valence-corrected chi connectivity index (χ2v) is 6.96. The minimum atomic E-state index is 0.223. The van der Waals surface area contributed by atoms with Crippen molar-refractivity contribution >= 4 is 23.0 Å². The highest BCUT2D eigenvalue weighted by Crippen LogP contribution is 2.63. The highest BCUT2D eigenvalue weighted by molar-refractivity contribution is 7.80. The molecule has 0 spiro atoms. The molecule has 1 saturated carbocycles. The van der Waals surface area contributed by atoms with Gasteiger partial charge >= 0.3 is 0 Å². The molecular weight excluding hydrogens is 256 g/mol. The molecule has 0 amide bonds. The van der Waals surface area contributed by atoms with Crippen molar-refractivity contribution in [1.82, 2.24) is 10.2 Å². The molecule has 5 heteroatoms. The van der Waals surface area contributed by atoms with Gasteiger partial charge in [0.1, 0.15) is 4.99 Å². The highest BCUT2D eigenvalue weighted by atomic mass is 32.1. The fraction of sp³-hybridized carbons (Fsp3) is 0.643. The second-order valence-electron chi connectivity index (χ2n) is 6.52. The van der Waals surface area contributed by atoms with E-state index in [2.05, 4.69) is 43.2 Å². The van der Waals surface area contributed by atoms with Crippen molar-refractivity contribution in [3.8, 4) is 0 Å². The molecule has 0 bridgehead atoms. The van der Waals surface area contributed by atoms with Gasteiger partial charge in [0.15, 0.2) is 5.82 Å². The van der Waals surface area contributed by atoms with Crippen LogP contribution in [-0.4, -0.2) is 21.2 Å². The number of rotatable bonds is 3. The van der Waals surface area contributed by atoms with Crippen molar-refractivity contribution in [3.63, 3.8) is 0 Å². The SMILES string of the molecule is Cc1nnc(NC2C(C)(C)C2(C)C)c(C(N)=S)c1C. The Hall–Kier alpha value is -1.23. The van der Waals surface area contributed by atoms with Crippen LogP contribution in [0.25, 0.3) is 0 Å². The van der Waals surface area contributed by atoms with Gasteiger partial charge in [0, 0.05) is 6.04 Å². The molecule has 2 rings (SSSR count). The number of hydrogen-bond donors (Lipinski definition) is 2. The minimum absolute atomic E-state index is 0.223. The fourth-order valence-electron chi connectivity index (χ4n) is 2.70. The fourth-order valence-corrected chi connectivity index (χ4v) is 2.95. The number of aromatic nitrogens is 2. The van der Waals surface area contributed by atoms with Crippen LogP contribution < -0.4 is 11.1 Å². The number of nitrogens with two attached hydrogens (primary N) is 1. The molecule has 0 saturated heterocycles. The lowest BCUT2D eigenvalue weighted by atomic mass is 10.0. The van der Waals surface area contributed by atoms with Crippen LogP contribution >= 0.6 is 12.2 Å². The number of hydrogen-bond acceptors (Lipinski definition) is 4. The largest absolute Gasteiger partial charge is 0.389 e. The van der Waals surface area contributed by atoms with Crippen LogP contribution in [0.5, 0.6) is 0 Å². The lowest BCUT2D eigenvalue weighted by molar-refractivity contribution is 0.457. The summed E-state index contributed by atoms with van der Waals surface area (Å²) in [6, 6.07) is 0.351. The van der Waals surface area contributed by atoms with E-state index < -0.39 is 0 Å². The standard InChI is InChI=1S/C14H22N4S/c1-7-8(2)17-18-11(9(7)10(15)19)16-12-13(3,4)14(12,5)6/h12H,1-6H3,(H2,15,19)(H,16,18). The Morgan fingerprint density at radius 2 is 1.68 bits per heavy atom. The molecule has 0 aromatic carbocycles. The molecule has 0 atom stereocenters. The van der Waals surface area contributed by atoms with Crippen LogP contribution in [0, 0.1) is 24.7 Å². The van der Waals surface area contributed by atoms with Gasteiger partial charge in [-0.05, 0) is 30.2 Å². The lowest BCUT2D eigenvalue weighted by Crippen LogP contribution is -2.20. The van der Waals surface area contributed by atoms with Crippen LogP contribution in [-0.2, 0) is 0 Å². The van der Waals surface area contributed by atoms with E-state index in [-0.39, 0.29) is 10.8 Å². The molecule has 3 N–H and O–H groups in total. The van der Waals surface area contributed by atoms with Crippen molar-refractivity contribution < 1.29 is 0 Å². The summed E-state index contributed by atoms with van der Waals surface area (Å²) in [6.07, 6.45) is 0. The molecule has 1 heterocycles. The average Bonchev–Trinajstić information content (AvgIpc) is 2.65. The summed E-state index contributed by atoms with van der Waals surface area (Å²) in [4.78, 5) is 0.370. The number of aryl methyl sites for hydroxylation is 1. The zero-order chi connectivity index (χ0) is 14.6. The molecule has 4 nitrogen and oxygen atoms in total. The first-order valence-corrected chi connectivity index (χ1v) is 6.91. The monoisotopic (exact) mass is 278 g/mol. The Bertz CT molecular complexity index is 535. The van der Waals surface area contributed by atoms with E-state index in [1.54, 1.807) is 0 Å². The summed E-state index contributed by atoms with van der Waals surface area (Å²) >= 11 is 5.15. The number of anilines is 1. The Morgan fingerprint density at radius 3 is 2.11 bits per heavy atom. The van der Waals surface area contributed by atoms with E-state index >= 15 is 0 Å². The molecule has 0 unspecified atom stereocenters. The van der Waals surface area contributed by atoms with E-state index in [9.17, 15) is 0 Å². The van der Waals surface area contributed by atoms with E-state index in [4.69, 9.17) is 18.0 Å². The first kappa shape index (κ1) is 14.2. The van der Waals surface area contributed by atoms with Gasteiger partial charge in [-0.1, -0.05) is 39.9 Å². The van der Waals surface area contributed by atoms with E-state index in [0.29, 0.717) is 16.8 Å². The third kappa shape index (κ3) is 2.00. The Morgan fingerprint density at radius 1 is 1.16 bits per heavy atom. The molecule has 0 aliphatic heterocycles. The molecule has 1 aliphatic rings. The van der Waals surface area contributed by atoms with Crippen LogP contribution in [0.1, 0.15) is 44.5 Å². The predicted molar refractivity (Wildman–Crippen MR) is 82.4 cm³/mol. The van der Waals surface area contributed by atoms with Crippen LogP contribution in [0.2, 0.25) is 0 Å². The van der Waals surface area contributed by atoms with Gasteiger partial charge in [-0.2, -0.15) is 5.10 Å². The van der Waals surface area contributed by atoms with Crippen LogP contribution in [0.15, 0.2) is 0 Å². The minimum Gasteiger partial charge on any atom is -0.389 e. The van der Waals surface area contributed by atoms with Crippen molar-refractivity contribution in [1.29, 1.82) is 0 Å². The zero-order valence-electron chi connectivity index (χ0n) is 12.5. The highest BCUT2D eigenvalue weighted by Gasteiger charge is 2.65. The summed E-state index contributed by atoms with van der Waals surface area (Å²) in [5.41, 5.74) is 8.97. The molecule has 104 valence electrons. The molecule has 1 aliphatic carbocycles. The summed E-state index contributed by atoms with van der Waals surface area (Å²) in [7, 11) is 0. The van der Waals surface area contributed by atoms with Crippen molar-refractivity contribution in [2.24, 2.45) is 16.6 Å². The second kappa shape index (κ2) is 4.13. The summed E-state index contributed by atoms with van der Waals surface area (Å²) < 4.78 is 0. The normalized spacial score (nSPS) is 20.1. The first-order chi connectivity index (χ1) is 8.60. The third-order valence-electron chi connectivity index (χ3n) is 5.00. The van der Waals surface area contributed by atoms with Gasteiger partial charge in [0.2, 0.25) is 0 Å². The zero-order valence-corrected chi connectivity index (χ0v) is 13.3. The summed E-state index contributed by atoms with van der Waals surface area (Å²) in [6.45, 7) is 12.9. The molecular formula is C14H22N4S. The van der Waals surface area contributed by atoms with E-state index in [1.165, 1.54) is 0 Å². The van der Waals surface area contributed by atoms with Gasteiger partial charge in [-0.25, -0.2) is 0 Å². The maximum Gasteiger partial charge on any atom is 0.159 e. The van der Waals surface area contributed by atoms with Gasteiger partial charge in [0.05, 0.1) is 11.3 Å². The van der Waals surface area contributed by atoms with Gasteiger partial charge < -0.3 is 11.1 Å². The molecule has 0 radical (unpaired) electrons. The van der Waals surface area contributed by atoms with E-state index in [1.807, 2.05) is 13.8 Å². The van der Waals surface area contributed by atoms with Crippen molar-refractivity contribution in [3.05, 3.63) is 16.8 Å². The molecule has 1 aromatic heterocycles. The topological polar surface area (TPSA) is 63.8 Å². The van der Waals surface area contributed by atoms with Gasteiger partial charge in [0.25, 0.3) is 0 Å². The molecule has 1 fully saturated rings. The lowest BCUT2D eigenvalue weighted by Gasteiger charge is -2.14. The third-order valence-corrected chi connectivity index (χ3v) is 5.21. The summed E-state index contributed by atoms with van der Waals surface area (Å²) in [5, 5.41) is 11.9. The quantitative estimate of drug-likeness (QED) is 0.832. The van der Waals surface area contributed by atoms with Gasteiger partial charge in [-0.3, -0.25) is 0 Å². The number of nitrogens with one attached hydrogen (secondary N) is 1. The number of nitrogens with zero attached hydrogens (tertiary/aromatic N) is 2. The van der Waals surface area contributed by atoms with Gasteiger partial charge in [-0.15, -0.1) is 5.10 Å². The van der Waals surface area contributed by atoms with Crippen LogP contribution in [0.3, 0.4) is 0 Å². The molecule has 19 heavy (non-hydrogen) atoms. The first-order valence-electron chi connectivity index (χ1n) is 6.51. The van der Waals surface area contributed by atoms with Crippen molar-refractivity contribution in [2.45, 2.75) is 47.6 Å². The smallest absolute Gasteiger partial charge is 0.159 e. The van der Waals surface area contributed by atoms with E-state index in [0.717, 1.165) is 16.8 Å². The average molecular weight is 278 g/mol. The number of thiocarbonyl (C=S) groups is 1. The van der Waals surface area contributed by atoms with Crippen molar-refractivity contribution in [2.75, 3.05) is 5.32 Å². The Labute approximate surface area is 120 Å². The molecule has 1 aromatic rings. The Balaban J connectivity index is 2.38. The maximum atomic E-state index is 5.84. The van der Waals surface area contributed by atoms with Crippen LogP contribution in [0.4, 0.5) is 5.82 Å².